The van der Waals surface area contributed by atoms with Gasteiger partial charge in [0.25, 0.3) is 15.8 Å². The second kappa shape index (κ2) is 11.1. The van der Waals surface area contributed by atoms with Crippen LogP contribution >= 0.6 is 0 Å². The number of carbonyl (C=O) groups excluding carboxylic acids is 2. The van der Waals surface area contributed by atoms with Gasteiger partial charge < -0.3 is 4.52 Å². The molecule has 32 heavy (non-hydrogen) atoms. The van der Waals surface area contributed by atoms with Crippen molar-refractivity contribution in [3.8, 4) is 0 Å². The van der Waals surface area contributed by atoms with Gasteiger partial charge in [-0.3, -0.25) is 19.8 Å². The monoisotopic (exact) mass is 465 g/mol. The van der Waals surface area contributed by atoms with E-state index in [9.17, 15) is 18.0 Å². The number of carbonyl (C=O) groups is 2. The Hall–Kier alpha value is -2.86. The van der Waals surface area contributed by atoms with Crippen LogP contribution in [0.1, 0.15) is 80.2 Å². The third-order valence-corrected chi connectivity index (χ3v) is 6.93. The Labute approximate surface area is 186 Å². The van der Waals surface area contributed by atoms with Crippen molar-refractivity contribution < 1.29 is 27.7 Å². The molecule has 1 atom stereocenters. The number of nitrogens with one attached hydrogen (secondary N) is 2. The van der Waals surface area contributed by atoms with Crippen molar-refractivity contribution in [2.75, 3.05) is 0 Å². The predicted molar refractivity (Wildman–Crippen MR) is 111 cm³/mol. The molecule has 0 spiro atoms. The maximum atomic E-state index is 12.4. The SMILES string of the molecule is O=C(C[C@H](CCCC1CCCCC1)c1nc(C(=O)NS(=O)(=O)c2cccnc2)no1)NO. The smallest absolute Gasteiger partial charge is 0.306 e. The molecule has 1 saturated carbocycles. The first-order valence-corrected chi connectivity index (χ1v) is 12.1. The van der Waals surface area contributed by atoms with Gasteiger partial charge in [-0.1, -0.05) is 50.1 Å². The van der Waals surface area contributed by atoms with Gasteiger partial charge in [-0.05, 0) is 24.5 Å². The van der Waals surface area contributed by atoms with Gasteiger partial charge in [-0.25, -0.2) is 18.6 Å². The summed E-state index contributed by atoms with van der Waals surface area (Å²) in [6.07, 6.45) is 11.0. The lowest BCUT2D eigenvalue weighted by atomic mass is 9.84. The van der Waals surface area contributed by atoms with Gasteiger partial charge in [-0.2, -0.15) is 4.98 Å². The van der Waals surface area contributed by atoms with E-state index in [1.807, 2.05) is 4.72 Å². The third kappa shape index (κ3) is 6.57. The summed E-state index contributed by atoms with van der Waals surface area (Å²) in [6.45, 7) is 0. The number of pyridine rings is 1. The number of aromatic nitrogens is 3. The zero-order valence-electron chi connectivity index (χ0n) is 17.6. The Balaban J connectivity index is 1.65. The molecule has 0 unspecified atom stereocenters. The van der Waals surface area contributed by atoms with Crippen molar-refractivity contribution in [1.82, 2.24) is 25.3 Å². The van der Waals surface area contributed by atoms with E-state index >= 15 is 0 Å². The summed E-state index contributed by atoms with van der Waals surface area (Å²) in [6, 6.07) is 2.72. The Bertz CT molecular complexity index is 1000. The molecule has 11 nitrogen and oxygen atoms in total. The lowest BCUT2D eigenvalue weighted by molar-refractivity contribution is -0.129. The number of hydrogen-bond donors (Lipinski definition) is 3. The Morgan fingerprint density at radius 2 is 2.03 bits per heavy atom. The van der Waals surface area contributed by atoms with Gasteiger partial charge in [0.2, 0.25) is 11.8 Å². The summed E-state index contributed by atoms with van der Waals surface area (Å²) in [5.41, 5.74) is 1.59. The molecule has 0 bridgehead atoms. The van der Waals surface area contributed by atoms with Crippen LogP contribution in [-0.4, -0.2) is 40.6 Å². The van der Waals surface area contributed by atoms with Gasteiger partial charge in [-0.15, -0.1) is 0 Å². The van der Waals surface area contributed by atoms with Crippen LogP contribution in [0, 0.1) is 5.92 Å². The number of amides is 2. The van der Waals surface area contributed by atoms with E-state index in [2.05, 4.69) is 15.1 Å². The van der Waals surface area contributed by atoms with Crippen LogP contribution < -0.4 is 10.2 Å². The number of hydrogen-bond acceptors (Lipinski definition) is 9. The minimum atomic E-state index is -4.15. The van der Waals surface area contributed by atoms with E-state index < -0.39 is 33.6 Å². The van der Waals surface area contributed by atoms with Gasteiger partial charge in [0.05, 0.1) is 0 Å². The van der Waals surface area contributed by atoms with Gasteiger partial charge in [0.15, 0.2) is 0 Å². The molecule has 0 aromatic carbocycles. The number of sulfonamides is 1. The zero-order valence-corrected chi connectivity index (χ0v) is 18.4. The van der Waals surface area contributed by atoms with Crippen molar-refractivity contribution in [3.63, 3.8) is 0 Å². The molecule has 3 N–H and O–H groups in total. The molecule has 12 heteroatoms. The van der Waals surface area contributed by atoms with Crippen molar-refractivity contribution in [3.05, 3.63) is 36.2 Å². The van der Waals surface area contributed by atoms with Crippen LogP contribution in [0.5, 0.6) is 0 Å². The lowest BCUT2D eigenvalue weighted by Crippen LogP contribution is -2.31. The van der Waals surface area contributed by atoms with E-state index in [1.54, 1.807) is 5.48 Å². The second-order valence-electron chi connectivity index (χ2n) is 7.95. The summed E-state index contributed by atoms with van der Waals surface area (Å²) in [4.78, 5) is 31.6. The standard InChI is InChI=1S/C20H27N5O6S/c26-17(23-28)12-15(9-4-8-14-6-2-1-3-7-14)20-22-18(24-31-20)19(27)25-32(29,30)16-10-5-11-21-13-16/h5,10-11,13-15,28H,1-4,6-9,12H2,(H,23,26)(H,25,27)/t15-/m0/s1. The van der Waals surface area contributed by atoms with Crippen LogP contribution in [-0.2, 0) is 14.8 Å². The quantitative estimate of drug-likeness (QED) is 0.353. The van der Waals surface area contributed by atoms with E-state index in [4.69, 9.17) is 9.73 Å². The summed E-state index contributed by atoms with van der Waals surface area (Å²) in [7, 11) is -4.15. The van der Waals surface area contributed by atoms with Crippen LogP contribution in [0.2, 0.25) is 0 Å². The maximum Gasteiger partial charge on any atom is 0.306 e. The molecule has 1 aliphatic rings. The van der Waals surface area contributed by atoms with Crippen molar-refractivity contribution in [1.29, 1.82) is 0 Å². The first-order valence-electron chi connectivity index (χ1n) is 10.6. The van der Waals surface area contributed by atoms with Gasteiger partial charge in [0, 0.05) is 24.7 Å². The lowest BCUT2D eigenvalue weighted by Gasteiger charge is -2.22. The third-order valence-electron chi connectivity index (χ3n) is 5.61. The molecule has 0 radical (unpaired) electrons. The van der Waals surface area contributed by atoms with E-state index in [0.29, 0.717) is 12.3 Å². The van der Waals surface area contributed by atoms with Crippen LogP contribution in [0.4, 0.5) is 0 Å². The largest absolute Gasteiger partial charge is 0.338 e. The first kappa shape index (κ1) is 23.8. The molecule has 0 aliphatic heterocycles. The maximum absolute atomic E-state index is 12.4. The van der Waals surface area contributed by atoms with Crippen molar-refractivity contribution >= 4 is 21.8 Å². The minimum absolute atomic E-state index is 0.0427. The Morgan fingerprint density at radius 1 is 1.25 bits per heavy atom. The van der Waals surface area contributed by atoms with E-state index in [-0.39, 0.29) is 17.2 Å². The number of hydroxylamine groups is 1. The average molecular weight is 466 g/mol. The summed E-state index contributed by atoms with van der Waals surface area (Å²) >= 11 is 0. The topological polar surface area (TPSA) is 164 Å². The molecule has 174 valence electrons. The fourth-order valence-corrected chi connectivity index (χ4v) is 4.85. The molecule has 1 aliphatic carbocycles. The fraction of sp³-hybridized carbons (Fsp3) is 0.550. The number of nitrogens with zero attached hydrogens (tertiary/aromatic N) is 3. The fourth-order valence-electron chi connectivity index (χ4n) is 3.94. The van der Waals surface area contributed by atoms with Crippen LogP contribution in [0.15, 0.2) is 33.9 Å². The summed E-state index contributed by atoms with van der Waals surface area (Å²) in [5.74, 6) is -1.93. The number of rotatable bonds is 10. The molecule has 2 aromatic heterocycles. The Morgan fingerprint density at radius 3 is 2.72 bits per heavy atom. The highest BCUT2D eigenvalue weighted by Crippen LogP contribution is 2.31. The first-order chi connectivity index (χ1) is 15.4. The van der Waals surface area contributed by atoms with Crippen molar-refractivity contribution in [2.24, 2.45) is 5.92 Å². The highest BCUT2D eigenvalue weighted by atomic mass is 32.2. The van der Waals surface area contributed by atoms with Crippen LogP contribution in [0.25, 0.3) is 0 Å². The summed E-state index contributed by atoms with van der Waals surface area (Å²) < 4.78 is 31.6. The molecule has 2 aromatic rings. The highest BCUT2D eigenvalue weighted by molar-refractivity contribution is 7.90. The average Bonchev–Trinajstić information content (AvgIpc) is 3.30. The second-order valence-corrected chi connectivity index (χ2v) is 9.63. The zero-order chi connectivity index (χ0) is 23.0. The molecule has 1 fully saturated rings. The molecule has 3 rings (SSSR count). The van der Waals surface area contributed by atoms with E-state index in [0.717, 1.165) is 19.0 Å². The summed E-state index contributed by atoms with van der Waals surface area (Å²) in [5, 5.41) is 12.5. The predicted octanol–water partition coefficient (Wildman–Crippen LogP) is 2.31. The normalized spacial score (nSPS) is 15.8. The molecule has 2 heterocycles. The molecular formula is C20H27N5O6S. The van der Waals surface area contributed by atoms with E-state index in [1.165, 1.54) is 50.4 Å². The van der Waals surface area contributed by atoms with Gasteiger partial charge in [0.1, 0.15) is 4.90 Å². The molecular weight excluding hydrogens is 438 g/mol. The van der Waals surface area contributed by atoms with Crippen molar-refractivity contribution in [2.45, 2.75) is 68.6 Å². The minimum Gasteiger partial charge on any atom is -0.338 e. The van der Waals surface area contributed by atoms with Gasteiger partial charge >= 0.3 is 5.91 Å². The molecule has 2 amide bonds. The molecule has 0 saturated heterocycles. The van der Waals surface area contributed by atoms with Crippen LogP contribution in [0.3, 0.4) is 0 Å². The highest BCUT2D eigenvalue weighted by Gasteiger charge is 2.27. The Kier molecular flexibility index (Phi) is 8.28.